The van der Waals surface area contributed by atoms with Gasteiger partial charge in [-0.1, -0.05) is 54.0 Å². The molecule has 0 bridgehead atoms. The van der Waals surface area contributed by atoms with Crippen LogP contribution < -0.4 is 5.46 Å². The number of hydrogen-bond acceptors (Lipinski definition) is 2. The zero-order chi connectivity index (χ0) is 18.0. The molecule has 3 aromatic carbocycles. The number of fused-ring (bicyclic) bond motifs is 6. The summed E-state index contributed by atoms with van der Waals surface area (Å²) in [6.07, 6.45) is 1.87. The van der Waals surface area contributed by atoms with E-state index in [0.29, 0.717) is 0 Å². The predicted molar refractivity (Wildman–Crippen MR) is 114 cm³/mol. The van der Waals surface area contributed by atoms with E-state index < -0.39 is 0 Å². The summed E-state index contributed by atoms with van der Waals surface area (Å²) in [4.78, 5) is 4.74. The Kier molecular flexibility index (Phi) is 2.84. The lowest BCUT2D eigenvalue weighted by atomic mass is 9.94. The van der Waals surface area contributed by atoms with Crippen molar-refractivity contribution in [3.63, 3.8) is 0 Å². The zero-order valence-corrected chi connectivity index (χ0v) is 14.8. The van der Waals surface area contributed by atoms with Gasteiger partial charge in [-0.15, -0.1) is 0 Å². The molecule has 6 rings (SSSR count). The molecule has 0 aliphatic carbocycles. The minimum atomic E-state index is 0.821. The molecule has 0 amide bonds. The Bertz CT molecular complexity index is 1490. The fraction of sp³-hybridized carbons (Fsp3) is 0. The van der Waals surface area contributed by atoms with Crippen LogP contribution in [-0.2, 0) is 0 Å². The Labute approximate surface area is 156 Å². The van der Waals surface area contributed by atoms with Crippen LogP contribution in [0.25, 0.3) is 49.6 Å². The van der Waals surface area contributed by atoms with Gasteiger partial charge in [0, 0.05) is 27.7 Å². The third kappa shape index (κ3) is 1.95. The van der Waals surface area contributed by atoms with Crippen molar-refractivity contribution < 1.29 is 4.42 Å². The number of benzene rings is 3. The largest absolute Gasteiger partial charge is 0.452 e. The molecule has 0 fully saturated rings. The van der Waals surface area contributed by atoms with E-state index in [-0.39, 0.29) is 0 Å². The highest BCUT2D eigenvalue weighted by Crippen LogP contribution is 2.36. The third-order valence-corrected chi connectivity index (χ3v) is 5.31. The van der Waals surface area contributed by atoms with Gasteiger partial charge in [-0.25, -0.2) is 4.98 Å². The van der Waals surface area contributed by atoms with E-state index in [1.165, 1.54) is 16.2 Å². The highest BCUT2D eigenvalue weighted by molar-refractivity contribution is 6.34. The van der Waals surface area contributed by atoms with Gasteiger partial charge in [-0.2, -0.15) is 0 Å². The molecule has 0 atom stereocenters. The number of hydrogen-bond donors (Lipinski definition) is 0. The van der Waals surface area contributed by atoms with E-state index in [1.54, 1.807) is 0 Å². The average molecular weight is 346 g/mol. The standard InChI is InChI=1S/C23H15BN2O/c24-14-9-10-20-18(13-14)15-5-1-3-7-19(15)26(20)23-22-17(11-12-25-23)16-6-2-4-8-21(16)27-22/h1-13H,24H2. The summed E-state index contributed by atoms with van der Waals surface area (Å²) >= 11 is 0. The van der Waals surface area contributed by atoms with Crippen molar-refractivity contribution in [1.29, 1.82) is 0 Å². The predicted octanol–water partition coefficient (Wildman–Crippen LogP) is 4.34. The van der Waals surface area contributed by atoms with Gasteiger partial charge in [0.1, 0.15) is 13.4 Å². The fourth-order valence-electron chi connectivity index (χ4n) is 4.11. The molecule has 0 unspecified atom stereocenters. The molecule has 0 aliphatic rings. The van der Waals surface area contributed by atoms with Crippen LogP contribution in [0.5, 0.6) is 0 Å². The van der Waals surface area contributed by atoms with E-state index in [1.807, 2.05) is 30.5 Å². The van der Waals surface area contributed by atoms with Crippen LogP contribution in [0, 0.1) is 0 Å². The Hall–Kier alpha value is -3.53. The quantitative estimate of drug-likeness (QED) is 0.415. The Balaban J connectivity index is 1.83. The van der Waals surface area contributed by atoms with Crippen LogP contribution in [-0.4, -0.2) is 17.4 Å². The summed E-state index contributed by atoms with van der Waals surface area (Å²) in [7, 11) is 2.13. The Morgan fingerprint density at radius 2 is 1.52 bits per heavy atom. The van der Waals surface area contributed by atoms with Crippen molar-refractivity contribution in [3.8, 4) is 5.82 Å². The summed E-state index contributed by atoms with van der Waals surface area (Å²) in [5.41, 5.74) is 5.24. The number of pyridine rings is 1. The molecule has 3 aromatic heterocycles. The molecule has 3 nitrogen and oxygen atoms in total. The van der Waals surface area contributed by atoms with Crippen molar-refractivity contribution >= 4 is 57.1 Å². The molecule has 0 aliphatic heterocycles. The summed E-state index contributed by atoms with van der Waals surface area (Å²) in [6.45, 7) is 0. The van der Waals surface area contributed by atoms with Crippen molar-refractivity contribution in [2.75, 3.05) is 0 Å². The molecule has 6 aromatic rings. The molecular formula is C23H15BN2O. The normalized spacial score (nSPS) is 11.9. The first kappa shape index (κ1) is 14.6. The Morgan fingerprint density at radius 1 is 0.741 bits per heavy atom. The van der Waals surface area contributed by atoms with Crippen LogP contribution >= 0.6 is 0 Å². The lowest BCUT2D eigenvalue weighted by Gasteiger charge is -2.07. The lowest BCUT2D eigenvalue weighted by Crippen LogP contribution is -2.01. The van der Waals surface area contributed by atoms with E-state index in [4.69, 9.17) is 9.40 Å². The van der Waals surface area contributed by atoms with Crippen molar-refractivity contribution in [2.45, 2.75) is 0 Å². The molecule has 27 heavy (non-hydrogen) atoms. The van der Waals surface area contributed by atoms with Gasteiger partial charge in [-0.05, 0) is 24.3 Å². The van der Waals surface area contributed by atoms with Gasteiger partial charge in [0.05, 0.1) is 11.0 Å². The van der Waals surface area contributed by atoms with E-state index >= 15 is 0 Å². The maximum atomic E-state index is 6.25. The minimum absolute atomic E-state index is 0.821. The second-order valence-electron chi connectivity index (χ2n) is 6.98. The molecule has 0 N–H and O–H groups in total. The first-order valence-corrected chi connectivity index (χ1v) is 9.08. The van der Waals surface area contributed by atoms with Gasteiger partial charge in [0.2, 0.25) is 0 Å². The SMILES string of the molecule is Bc1ccc2c(c1)c1ccccc1n2-c1nccc2c1oc1ccccc12. The van der Waals surface area contributed by atoms with Gasteiger partial charge in [0.15, 0.2) is 11.4 Å². The topological polar surface area (TPSA) is 31.0 Å². The molecule has 4 heteroatoms. The number of aromatic nitrogens is 2. The summed E-state index contributed by atoms with van der Waals surface area (Å²) in [5, 5.41) is 4.67. The maximum absolute atomic E-state index is 6.25. The number of rotatable bonds is 1. The first-order chi connectivity index (χ1) is 13.3. The van der Waals surface area contributed by atoms with Crippen molar-refractivity contribution in [3.05, 3.63) is 79.0 Å². The van der Waals surface area contributed by atoms with Crippen molar-refractivity contribution in [1.82, 2.24) is 9.55 Å². The second kappa shape index (κ2) is 5.24. The third-order valence-electron chi connectivity index (χ3n) is 5.31. The average Bonchev–Trinajstić information content (AvgIpc) is 3.24. The van der Waals surface area contributed by atoms with Gasteiger partial charge >= 0.3 is 0 Å². The fourth-order valence-corrected chi connectivity index (χ4v) is 4.11. The van der Waals surface area contributed by atoms with Crippen LogP contribution in [0.2, 0.25) is 0 Å². The lowest BCUT2D eigenvalue weighted by molar-refractivity contribution is 0.663. The number of furan rings is 1. The molecule has 0 radical (unpaired) electrons. The summed E-state index contributed by atoms with van der Waals surface area (Å²) in [5.74, 6) is 0.832. The van der Waals surface area contributed by atoms with Gasteiger partial charge in [-0.3, -0.25) is 4.57 Å². The first-order valence-electron chi connectivity index (χ1n) is 9.08. The summed E-state index contributed by atoms with van der Waals surface area (Å²) < 4.78 is 8.46. The molecule has 0 spiro atoms. The number of para-hydroxylation sites is 2. The van der Waals surface area contributed by atoms with E-state index in [2.05, 4.69) is 60.9 Å². The molecule has 0 saturated carbocycles. The van der Waals surface area contributed by atoms with Crippen LogP contribution in [0.1, 0.15) is 0 Å². The monoisotopic (exact) mass is 346 g/mol. The highest BCUT2D eigenvalue weighted by atomic mass is 16.3. The number of nitrogens with zero attached hydrogens (tertiary/aromatic N) is 2. The summed E-state index contributed by atoms with van der Waals surface area (Å²) in [6, 6.07) is 25.2. The van der Waals surface area contributed by atoms with Crippen LogP contribution in [0.3, 0.4) is 0 Å². The van der Waals surface area contributed by atoms with Gasteiger partial charge < -0.3 is 4.42 Å². The van der Waals surface area contributed by atoms with Crippen LogP contribution in [0.15, 0.2) is 83.4 Å². The van der Waals surface area contributed by atoms with E-state index in [0.717, 1.165) is 38.8 Å². The highest BCUT2D eigenvalue weighted by Gasteiger charge is 2.18. The van der Waals surface area contributed by atoms with Crippen molar-refractivity contribution in [2.24, 2.45) is 0 Å². The molecule has 0 saturated heterocycles. The smallest absolute Gasteiger partial charge is 0.181 e. The van der Waals surface area contributed by atoms with E-state index in [9.17, 15) is 0 Å². The Morgan fingerprint density at radius 3 is 2.44 bits per heavy atom. The second-order valence-corrected chi connectivity index (χ2v) is 6.98. The minimum Gasteiger partial charge on any atom is -0.452 e. The molecule has 126 valence electrons. The molecular weight excluding hydrogens is 331 g/mol. The molecule has 3 heterocycles. The maximum Gasteiger partial charge on any atom is 0.181 e. The van der Waals surface area contributed by atoms with Gasteiger partial charge in [0.25, 0.3) is 0 Å². The van der Waals surface area contributed by atoms with Crippen LogP contribution in [0.4, 0.5) is 0 Å². The zero-order valence-electron chi connectivity index (χ0n) is 14.8.